The van der Waals surface area contributed by atoms with Gasteiger partial charge < -0.3 is 0 Å². The van der Waals surface area contributed by atoms with Crippen molar-refractivity contribution in [3.05, 3.63) is 0 Å². The molecule has 0 radical (unpaired) electrons. The molecule has 1 rings (SSSR count). The summed E-state index contributed by atoms with van der Waals surface area (Å²) in [6.45, 7) is 18.7. The summed E-state index contributed by atoms with van der Waals surface area (Å²) in [5, 5.41) is 0. The SMILES string of the molecule is CC(C)(C)N1P(C)(=[Se])N(C(C)(C)C)P1(C)=[Se]. The first-order valence-corrected chi connectivity index (χ1v) is 14.2. The molecule has 1 aliphatic rings. The summed E-state index contributed by atoms with van der Waals surface area (Å²) in [5.41, 5.74) is 0.479. The molecule has 0 N–H and O–H groups in total. The van der Waals surface area contributed by atoms with Gasteiger partial charge in [0.1, 0.15) is 0 Å². The Morgan fingerprint density at radius 2 is 0.875 bits per heavy atom. The molecule has 1 aliphatic heterocycles. The van der Waals surface area contributed by atoms with Crippen LogP contribution in [0.5, 0.6) is 0 Å². The zero-order chi connectivity index (χ0) is 13.2. The molecule has 0 aliphatic carbocycles. The standard InChI is InChI=1S/C10H24N2P2Se2/c1-9(2,3)11-13(7,15)12(10(4,5)6)14(11,8)16/h1-8H3. The Hall–Kier alpha value is 1.82. The normalized spacial score (nSPS) is 38.5. The van der Waals surface area contributed by atoms with E-state index in [0.29, 0.717) is 0 Å². The van der Waals surface area contributed by atoms with Crippen molar-refractivity contribution in [2.45, 2.75) is 52.6 Å². The third-order valence-corrected chi connectivity index (χ3v) is 19.4. The molecule has 0 saturated carbocycles. The molecule has 0 aromatic heterocycles. The van der Waals surface area contributed by atoms with Crippen LogP contribution in [0.3, 0.4) is 0 Å². The molecule has 16 heavy (non-hydrogen) atoms. The van der Waals surface area contributed by atoms with E-state index >= 15 is 0 Å². The van der Waals surface area contributed by atoms with Crippen LogP contribution in [0.1, 0.15) is 41.5 Å². The summed E-state index contributed by atoms with van der Waals surface area (Å²) in [4.78, 5) is 0. The van der Waals surface area contributed by atoms with Crippen LogP contribution < -0.4 is 0 Å². The number of hydrogen-bond acceptors (Lipinski definition) is 2. The molecule has 2 nitrogen and oxygen atoms in total. The van der Waals surface area contributed by atoms with Gasteiger partial charge in [0, 0.05) is 0 Å². The first-order chi connectivity index (χ1) is 6.73. The van der Waals surface area contributed by atoms with Crippen LogP contribution in [0.2, 0.25) is 0 Å². The van der Waals surface area contributed by atoms with Gasteiger partial charge in [0.15, 0.2) is 0 Å². The molecule has 1 heterocycles. The minimum atomic E-state index is -1.24. The molecular weight excluding hydrogens is 368 g/mol. The molecular formula is C10H24N2P2Se2. The maximum atomic E-state index is 3.49. The summed E-state index contributed by atoms with van der Waals surface area (Å²) < 4.78 is 5.44. The molecule has 0 atom stereocenters. The van der Waals surface area contributed by atoms with Crippen molar-refractivity contribution < 1.29 is 0 Å². The quantitative estimate of drug-likeness (QED) is 0.461. The summed E-state index contributed by atoms with van der Waals surface area (Å²) >= 11 is 6.98. The predicted molar refractivity (Wildman–Crippen MR) is 80.4 cm³/mol. The zero-order valence-corrected chi connectivity index (χ0v) is 16.8. The van der Waals surface area contributed by atoms with E-state index in [1.54, 1.807) is 0 Å². The van der Waals surface area contributed by atoms with Gasteiger partial charge in [0.2, 0.25) is 0 Å². The van der Waals surface area contributed by atoms with Crippen molar-refractivity contribution in [3.63, 3.8) is 0 Å². The van der Waals surface area contributed by atoms with Gasteiger partial charge in [-0.25, -0.2) is 0 Å². The van der Waals surface area contributed by atoms with E-state index in [2.05, 4.69) is 93.9 Å². The molecule has 0 aromatic rings. The molecule has 0 aromatic carbocycles. The molecule has 0 unspecified atom stereocenters. The van der Waals surface area contributed by atoms with Crippen molar-refractivity contribution in [2.75, 3.05) is 13.3 Å². The van der Waals surface area contributed by atoms with E-state index in [4.69, 9.17) is 0 Å². The van der Waals surface area contributed by atoms with Gasteiger partial charge in [0.05, 0.1) is 0 Å². The van der Waals surface area contributed by atoms with Crippen molar-refractivity contribution in [1.82, 2.24) is 8.88 Å². The Bertz CT molecular complexity index is 339. The van der Waals surface area contributed by atoms with Gasteiger partial charge in [-0.15, -0.1) is 0 Å². The summed E-state index contributed by atoms with van der Waals surface area (Å²) in [6, 6.07) is 0. The fraction of sp³-hybridized carbons (Fsp3) is 1.00. The summed E-state index contributed by atoms with van der Waals surface area (Å²) in [5.74, 6) is -2.48. The van der Waals surface area contributed by atoms with Gasteiger partial charge in [-0.1, -0.05) is 0 Å². The molecule has 0 spiro atoms. The number of rotatable bonds is 0. The van der Waals surface area contributed by atoms with Crippen LogP contribution in [0, 0.1) is 0 Å². The first kappa shape index (κ1) is 15.9. The average Bonchev–Trinajstić information content (AvgIpc) is 1.69. The number of hydrogen-bond donors (Lipinski definition) is 0. The Morgan fingerprint density at radius 1 is 0.688 bits per heavy atom. The molecule has 1 saturated heterocycles. The van der Waals surface area contributed by atoms with Crippen molar-refractivity contribution in [2.24, 2.45) is 0 Å². The third kappa shape index (κ3) is 2.43. The van der Waals surface area contributed by atoms with Crippen LogP contribution in [-0.4, -0.2) is 63.5 Å². The van der Waals surface area contributed by atoms with Gasteiger partial charge in [-0.3, -0.25) is 0 Å². The Morgan fingerprint density at radius 3 is 1.00 bits per heavy atom. The van der Waals surface area contributed by atoms with Gasteiger partial charge >= 0.3 is 117 Å². The van der Waals surface area contributed by atoms with Crippen molar-refractivity contribution in [1.29, 1.82) is 0 Å². The molecule has 1 fully saturated rings. The van der Waals surface area contributed by atoms with Crippen LogP contribution >= 0.6 is 11.6 Å². The van der Waals surface area contributed by atoms with Crippen LogP contribution in [0.4, 0.5) is 0 Å². The van der Waals surface area contributed by atoms with Crippen LogP contribution in [-0.2, 0) is 0 Å². The predicted octanol–water partition coefficient (Wildman–Crippen LogP) is 3.32. The second-order valence-corrected chi connectivity index (χ2v) is 20.9. The Labute approximate surface area is 116 Å². The van der Waals surface area contributed by atoms with Gasteiger partial charge in [-0.2, -0.15) is 0 Å². The van der Waals surface area contributed by atoms with Crippen LogP contribution in [0.15, 0.2) is 0 Å². The van der Waals surface area contributed by atoms with E-state index in [0.717, 1.165) is 0 Å². The monoisotopic (exact) mass is 394 g/mol. The van der Waals surface area contributed by atoms with Crippen molar-refractivity contribution >= 4 is 41.8 Å². The van der Waals surface area contributed by atoms with Crippen LogP contribution in [0.25, 0.3) is 0 Å². The maximum absolute atomic E-state index is 3.49. The average molecular weight is 392 g/mol. The first-order valence-electron chi connectivity index (χ1n) is 5.51. The van der Waals surface area contributed by atoms with Gasteiger partial charge in [-0.05, 0) is 0 Å². The second-order valence-electron chi connectivity index (χ2n) is 6.59. The topological polar surface area (TPSA) is 6.48 Å². The molecule has 96 valence electrons. The molecule has 0 bridgehead atoms. The van der Waals surface area contributed by atoms with E-state index in [9.17, 15) is 0 Å². The van der Waals surface area contributed by atoms with E-state index in [-0.39, 0.29) is 11.1 Å². The van der Waals surface area contributed by atoms with Crippen molar-refractivity contribution in [3.8, 4) is 0 Å². The second kappa shape index (κ2) is 4.16. The Balaban J connectivity index is 3.26. The van der Waals surface area contributed by atoms with E-state index in [1.165, 1.54) is 0 Å². The van der Waals surface area contributed by atoms with E-state index < -0.39 is 11.6 Å². The summed E-state index contributed by atoms with van der Waals surface area (Å²) in [6.07, 6.45) is 0. The fourth-order valence-electron chi connectivity index (χ4n) is 2.97. The zero-order valence-electron chi connectivity index (χ0n) is 11.6. The van der Waals surface area contributed by atoms with Gasteiger partial charge in [0.25, 0.3) is 0 Å². The fourth-order valence-corrected chi connectivity index (χ4v) is 34.2. The summed E-state index contributed by atoms with van der Waals surface area (Å²) in [7, 11) is 0. The number of nitrogens with zero attached hydrogens (tertiary/aromatic N) is 2. The van der Waals surface area contributed by atoms with E-state index in [1.807, 2.05) is 0 Å². The third-order valence-electron chi connectivity index (χ3n) is 2.61. The Kier molecular flexibility index (Phi) is 4.12. The molecule has 6 heteroatoms. The minimum absolute atomic E-state index is 0.239. The molecule has 0 amide bonds.